The molecule has 0 aliphatic carbocycles. The summed E-state index contributed by atoms with van der Waals surface area (Å²) in [6.07, 6.45) is 0. The summed E-state index contributed by atoms with van der Waals surface area (Å²) >= 11 is 0. The summed E-state index contributed by atoms with van der Waals surface area (Å²) in [6.45, 7) is 4.04. The van der Waals surface area contributed by atoms with Crippen LogP contribution in [0.3, 0.4) is 0 Å². The number of benzene rings is 1. The van der Waals surface area contributed by atoms with Crippen molar-refractivity contribution in [3.8, 4) is 0 Å². The summed E-state index contributed by atoms with van der Waals surface area (Å²) in [7, 11) is 0. The molecule has 2 aromatic rings. The maximum absolute atomic E-state index is 11.2. The molecule has 0 fully saturated rings. The Bertz CT molecular complexity index is 522. The van der Waals surface area contributed by atoms with Gasteiger partial charge in [0, 0.05) is 11.4 Å². The first-order chi connectivity index (χ1) is 7.11. The van der Waals surface area contributed by atoms with Gasteiger partial charge in [-0.15, -0.1) is 24.8 Å². The van der Waals surface area contributed by atoms with E-state index < -0.39 is 5.91 Å². The van der Waals surface area contributed by atoms with E-state index in [0.29, 0.717) is 5.69 Å². The number of rotatable bonds is 2. The molecule has 0 atom stereocenters. The van der Waals surface area contributed by atoms with Gasteiger partial charge in [-0.1, -0.05) is 18.2 Å². The van der Waals surface area contributed by atoms with E-state index in [-0.39, 0.29) is 30.9 Å². The van der Waals surface area contributed by atoms with Crippen molar-refractivity contribution in [2.75, 3.05) is 0 Å². The molecule has 0 radical (unpaired) electrons. The number of fused-ring (bicyclic) bond motifs is 1. The van der Waals surface area contributed by atoms with Crippen LogP contribution in [0.15, 0.2) is 24.3 Å². The molecule has 0 bridgehead atoms. The Morgan fingerprint density at radius 2 is 1.88 bits per heavy atom. The second-order valence-corrected chi connectivity index (χ2v) is 3.77. The summed E-state index contributed by atoms with van der Waals surface area (Å²) in [5, 5.41) is 5.05. The molecule has 1 aromatic carbocycles. The van der Waals surface area contributed by atoms with Crippen LogP contribution in [0.1, 0.15) is 30.4 Å². The molecule has 0 aliphatic heterocycles. The molecule has 2 rings (SSSR count). The van der Waals surface area contributed by atoms with Gasteiger partial charge in [0.2, 0.25) is 0 Å². The number of hydrogen-bond donors (Lipinski definition) is 1. The zero-order valence-corrected chi connectivity index (χ0v) is 11.2. The van der Waals surface area contributed by atoms with Crippen molar-refractivity contribution >= 4 is 41.6 Å². The zero-order chi connectivity index (χ0) is 11.0. The van der Waals surface area contributed by atoms with Gasteiger partial charge in [-0.2, -0.15) is 5.10 Å². The van der Waals surface area contributed by atoms with E-state index in [1.54, 1.807) is 0 Å². The van der Waals surface area contributed by atoms with Crippen molar-refractivity contribution in [2.45, 2.75) is 19.9 Å². The Hall–Kier alpha value is -1.26. The van der Waals surface area contributed by atoms with Crippen LogP contribution >= 0.6 is 24.8 Å². The number of nitrogens with two attached hydrogens (primary N) is 1. The van der Waals surface area contributed by atoms with Crippen molar-refractivity contribution in [2.24, 2.45) is 5.73 Å². The topological polar surface area (TPSA) is 60.9 Å². The highest BCUT2D eigenvalue weighted by Gasteiger charge is 2.15. The van der Waals surface area contributed by atoms with Gasteiger partial charge in [-0.3, -0.25) is 9.48 Å². The molecular formula is C11H15Cl2N3O. The Labute approximate surface area is 112 Å². The molecule has 1 heterocycles. The van der Waals surface area contributed by atoms with E-state index in [4.69, 9.17) is 5.73 Å². The van der Waals surface area contributed by atoms with Crippen LogP contribution in [0.2, 0.25) is 0 Å². The van der Waals surface area contributed by atoms with Crippen molar-refractivity contribution in [1.82, 2.24) is 9.78 Å². The average molecular weight is 276 g/mol. The molecule has 0 saturated heterocycles. The molecule has 94 valence electrons. The number of nitrogens with zero attached hydrogens (tertiary/aromatic N) is 2. The SMILES string of the molecule is CC(C)n1nc(C(N)=O)c2ccccc21.Cl.Cl. The fraction of sp³-hybridized carbons (Fsp3) is 0.273. The first kappa shape index (κ1) is 15.7. The van der Waals surface area contributed by atoms with Gasteiger partial charge in [0.25, 0.3) is 5.91 Å². The molecule has 1 amide bonds. The van der Waals surface area contributed by atoms with E-state index in [1.165, 1.54) is 0 Å². The third-order valence-corrected chi connectivity index (χ3v) is 2.34. The van der Waals surface area contributed by atoms with Crippen LogP contribution in [-0.4, -0.2) is 15.7 Å². The van der Waals surface area contributed by atoms with Crippen LogP contribution in [0.4, 0.5) is 0 Å². The molecular weight excluding hydrogens is 261 g/mol. The van der Waals surface area contributed by atoms with Gasteiger partial charge < -0.3 is 5.73 Å². The summed E-state index contributed by atoms with van der Waals surface area (Å²) in [6, 6.07) is 7.81. The van der Waals surface area contributed by atoms with Crippen LogP contribution in [0, 0.1) is 0 Å². The molecule has 6 heteroatoms. The lowest BCUT2D eigenvalue weighted by Crippen LogP contribution is -2.13. The summed E-state index contributed by atoms with van der Waals surface area (Å²) in [4.78, 5) is 11.2. The Morgan fingerprint density at radius 1 is 1.29 bits per heavy atom. The van der Waals surface area contributed by atoms with Gasteiger partial charge in [0.15, 0.2) is 5.69 Å². The number of para-hydroxylation sites is 1. The summed E-state index contributed by atoms with van der Waals surface area (Å²) < 4.78 is 1.81. The van der Waals surface area contributed by atoms with E-state index in [1.807, 2.05) is 42.8 Å². The van der Waals surface area contributed by atoms with E-state index in [2.05, 4.69) is 5.10 Å². The van der Waals surface area contributed by atoms with Gasteiger partial charge in [0.1, 0.15) is 0 Å². The first-order valence-corrected chi connectivity index (χ1v) is 4.88. The molecule has 17 heavy (non-hydrogen) atoms. The lowest BCUT2D eigenvalue weighted by Gasteiger charge is -2.05. The average Bonchev–Trinajstić information content (AvgIpc) is 2.56. The standard InChI is InChI=1S/C11H13N3O.2ClH/c1-7(2)14-9-6-4-3-5-8(9)10(13-14)11(12)15;;/h3-7H,1-2H3,(H2,12,15);2*1H. The molecule has 1 aromatic heterocycles. The van der Waals surface area contributed by atoms with E-state index in [0.717, 1.165) is 10.9 Å². The minimum absolute atomic E-state index is 0. The number of primary amides is 1. The smallest absolute Gasteiger partial charge is 0.269 e. The lowest BCUT2D eigenvalue weighted by atomic mass is 10.2. The van der Waals surface area contributed by atoms with Crippen LogP contribution in [-0.2, 0) is 0 Å². The van der Waals surface area contributed by atoms with Crippen LogP contribution < -0.4 is 5.73 Å². The predicted molar refractivity (Wildman–Crippen MR) is 73.1 cm³/mol. The predicted octanol–water partition coefficient (Wildman–Crippen LogP) is 2.56. The van der Waals surface area contributed by atoms with Crippen LogP contribution in [0.5, 0.6) is 0 Å². The van der Waals surface area contributed by atoms with Crippen molar-refractivity contribution < 1.29 is 4.79 Å². The third kappa shape index (κ3) is 2.70. The van der Waals surface area contributed by atoms with Gasteiger partial charge in [-0.25, -0.2) is 0 Å². The first-order valence-electron chi connectivity index (χ1n) is 4.88. The normalized spacial score (nSPS) is 9.82. The second-order valence-electron chi connectivity index (χ2n) is 3.77. The number of hydrogen-bond acceptors (Lipinski definition) is 2. The molecule has 4 nitrogen and oxygen atoms in total. The fourth-order valence-corrected chi connectivity index (χ4v) is 1.66. The van der Waals surface area contributed by atoms with E-state index >= 15 is 0 Å². The number of aromatic nitrogens is 2. The molecule has 2 N–H and O–H groups in total. The third-order valence-electron chi connectivity index (χ3n) is 2.34. The maximum atomic E-state index is 11.2. The Morgan fingerprint density at radius 3 is 2.41 bits per heavy atom. The lowest BCUT2D eigenvalue weighted by molar-refractivity contribution is 0.0996. The van der Waals surface area contributed by atoms with Gasteiger partial charge >= 0.3 is 0 Å². The minimum Gasteiger partial charge on any atom is -0.364 e. The minimum atomic E-state index is -0.481. The van der Waals surface area contributed by atoms with Crippen molar-refractivity contribution in [1.29, 1.82) is 0 Å². The van der Waals surface area contributed by atoms with E-state index in [9.17, 15) is 4.79 Å². The van der Waals surface area contributed by atoms with Crippen LogP contribution in [0.25, 0.3) is 10.9 Å². The Kier molecular flexibility index (Phi) is 5.45. The second kappa shape index (κ2) is 5.89. The van der Waals surface area contributed by atoms with Gasteiger partial charge in [-0.05, 0) is 19.9 Å². The number of amides is 1. The van der Waals surface area contributed by atoms with Gasteiger partial charge in [0.05, 0.1) is 5.52 Å². The van der Waals surface area contributed by atoms with Crippen molar-refractivity contribution in [3.05, 3.63) is 30.0 Å². The number of halogens is 2. The summed E-state index contributed by atoms with van der Waals surface area (Å²) in [5.41, 5.74) is 6.57. The van der Waals surface area contributed by atoms with Crippen molar-refractivity contribution in [3.63, 3.8) is 0 Å². The Balaban J connectivity index is 0.00000128. The number of carbonyl (C=O) groups excluding carboxylic acids is 1. The monoisotopic (exact) mass is 275 g/mol. The summed E-state index contributed by atoms with van der Waals surface area (Å²) in [5.74, 6) is -0.481. The molecule has 0 unspecified atom stereocenters. The molecule has 0 aliphatic rings. The highest BCUT2D eigenvalue weighted by atomic mass is 35.5. The quantitative estimate of drug-likeness (QED) is 0.916. The fourth-order valence-electron chi connectivity index (χ4n) is 1.66. The zero-order valence-electron chi connectivity index (χ0n) is 9.58. The highest BCUT2D eigenvalue weighted by molar-refractivity contribution is 6.04. The largest absolute Gasteiger partial charge is 0.364 e. The maximum Gasteiger partial charge on any atom is 0.269 e. The molecule has 0 spiro atoms. The number of carbonyl (C=O) groups is 1. The molecule has 0 saturated carbocycles. The highest BCUT2D eigenvalue weighted by Crippen LogP contribution is 2.20.